The number of hydrogen-bond acceptors (Lipinski definition) is 4. The van der Waals surface area contributed by atoms with Crippen LogP contribution in [0.1, 0.15) is 52.8 Å². The van der Waals surface area contributed by atoms with E-state index in [0.717, 1.165) is 45.3 Å². The van der Waals surface area contributed by atoms with Gasteiger partial charge in [-0.05, 0) is 62.4 Å². The lowest BCUT2D eigenvalue weighted by Gasteiger charge is -2.33. The first-order valence-corrected chi connectivity index (χ1v) is 11.6. The van der Waals surface area contributed by atoms with Crippen LogP contribution < -0.4 is 9.47 Å². The third-order valence-corrected chi connectivity index (χ3v) is 6.35. The normalized spacial score (nSPS) is 18.8. The Morgan fingerprint density at radius 2 is 1.69 bits per heavy atom. The van der Waals surface area contributed by atoms with Gasteiger partial charge < -0.3 is 19.3 Å². The fraction of sp³-hybridized carbons (Fsp3) is 0.462. The van der Waals surface area contributed by atoms with Crippen molar-refractivity contribution in [1.82, 2.24) is 9.80 Å². The van der Waals surface area contributed by atoms with Crippen LogP contribution >= 0.6 is 0 Å². The van der Waals surface area contributed by atoms with Gasteiger partial charge in [0.1, 0.15) is 11.5 Å². The fourth-order valence-electron chi connectivity index (χ4n) is 4.59. The second-order valence-corrected chi connectivity index (χ2v) is 8.65. The van der Waals surface area contributed by atoms with Gasteiger partial charge in [0, 0.05) is 37.7 Å². The molecule has 1 atom stereocenters. The summed E-state index contributed by atoms with van der Waals surface area (Å²) >= 11 is 0. The number of hydrogen-bond donors (Lipinski definition) is 0. The third-order valence-electron chi connectivity index (χ3n) is 6.35. The minimum absolute atomic E-state index is 0.00118. The van der Waals surface area contributed by atoms with E-state index >= 15 is 0 Å². The van der Waals surface area contributed by atoms with Crippen molar-refractivity contribution >= 4 is 11.8 Å². The molecule has 0 spiro atoms. The summed E-state index contributed by atoms with van der Waals surface area (Å²) in [6.45, 7) is 3.59. The van der Waals surface area contributed by atoms with E-state index in [2.05, 4.69) is 0 Å². The standard InChI is InChI=1S/C26H32N2O4/c1-31-24-13-4-3-12-23(24)26(30)28-16-8-9-20(18-28)19-32-22-11-7-10-21(17-22)25(29)27-14-5-2-6-15-27/h3-4,7,10-13,17,20H,2,5-6,8-9,14-16,18-19H2,1H3/t20-/m0/s1. The smallest absolute Gasteiger partial charge is 0.257 e. The van der Waals surface area contributed by atoms with Gasteiger partial charge in [-0.15, -0.1) is 0 Å². The van der Waals surface area contributed by atoms with Crippen LogP contribution in [0, 0.1) is 5.92 Å². The molecule has 6 nitrogen and oxygen atoms in total. The van der Waals surface area contributed by atoms with Gasteiger partial charge in [0.05, 0.1) is 19.3 Å². The highest BCUT2D eigenvalue weighted by atomic mass is 16.5. The van der Waals surface area contributed by atoms with Crippen LogP contribution in [0.25, 0.3) is 0 Å². The van der Waals surface area contributed by atoms with Crippen LogP contribution in [0.15, 0.2) is 48.5 Å². The molecule has 4 rings (SSSR count). The summed E-state index contributed by atoms with van der Waals surface area (Å²) in [6, 6.07) is 14.8. The SMILES string of the molecule is COc1ccccc1C(=O)N1CCC[C@H](COc2cccc(C(=O)N3CCCCC3)c2)C1. The number of rotatable bonds is 6. The minimum atomic E-state index is 0.00118. The molecule has 32 heavy (non-hydrogen) atoms. The van der Waals surface area contributed by atoms with Crippen molar-refractivity contribution in [2.45, 2.75) is 32.1 Å². The molecule has 2 aliphatic rings. The maximum atomic E-state index is 13.0. The zero-order chi connectivity index (χ0) is 22.3. The van der Waals surface area contributed by atoms with Crippen molar-refractivity contribution in [1.29, 1.82) is 0 Å². The van der Waals surface area contributed by atoms with Gasteiger partial charge >= 0.3 is 0 Å². The first-order valence-electron chi connectivity index (χ1n) is 11.6. The van der Waals surface area contributed by atoms with E-state index in [-0.39, 0.29) is 17.7 Å². The highest BCUT2D eigenvalue weighted by Gasteiger charge is 2.26. The number of carbonyl (C=O) groups is 2. The van der Waals surface area contributed by atoms with Crippen molar-refractivity contribution in [3.63, 3.8) is 0 Å². The summed E-state index contributed by atoms with van der Waals surface area (Å²) in [5.74, 6) is 1.65. The van der Waals surface area contributed by atoms with Crippen LogP contribution in [0.4, 0.5) is 0 Å². The lowest BCUT2D eigenvalue weighted by atomic mass is 9.98. The Bertz CT molecular complexity index is 939. The van der Waals surface area contributed by atoms with E-state index < -0.39 is 0 Å². The van der Waals surface area contributed by atoms with E-state index in [1.165, 1.54) is 6.42 Å². The van der Waals surface area contributed by atoms with Crippen LogP contribution in [-0.4, -0.2) is 61.5 Å². The summed E-state index contributed by atoms with van der Waals surface area (Å²) < 4.78 is 11.4. The molecule has 6 heteroatoms. The molecule has 2 saturated heterocycles. The first-order chi connectivity index (χ1) is 15.7. The van der Waals surface area contributed by atoms with Crippen LogP contribution in [-0.2, 0) is 0 Å². The topological polar surface area (TPSA) is 59.1 Å². The number of nitrogens with zero attached hydrogens (tertiary/aromatic N) is 2. The molecule has 0 bridgehead atoms. The molecular formula is C26H32N2O4. The minimum Gasteiger partial charge on any atom is -0.496 e. The molecule has 2 amide bonds. The highest BCUT2D eigenvalue weighted by molar-refractivity contribution is 5.97. The van der Waals surface area contributed by atoms with Crippen LogP contribution in [0.5, 0.6) is 11.5 Å². The van der Waals surface area contributed by atoms with Gasteiger partial charge in [0.2, 0.25) is 0 Å². The average molecular weight is 437 g/mol. The maximum absolute atomic E-state index is 13.0. The van der Waals surface area contributed by atoms with Crippen molar-refractivity contribution in [2.75, 3.05) is 39.9 Å². The predicted molar refractivity (Wildman–Crippen MR) is 123 cm³/mol. The van der Waals surface area contributed by atoms with Gasteiger partial charge in [-0.2, -0.15) is 0 Å². The molecule has 2 aromatic carbocycles. The van der Waals surface area contributed by atoms with Crippen molar-refractivity contribution in [2.24, 2.45) is 5.92 Å². The summed E-state index contributed by atoms with van der Waals surface area (Å²) in [4.78, 5) is 29.6. The molecule has 2 aliphatic heterocycles. The van der Waals surface area contributed by atoms with E-state index in [4.69, 9.17) is 9.47 Å². The Labute approximate surface area is 190 Å². The summed E-state index contributed by atoms with van der Waals surface area (Å²) in [7, 11) is 1.59. The van der Waals surface area contributed by atoms with Crippen LogP contribution in [0.2, 0.25) is 0 Å². The molecule has 2 aromatic rings. The highest BCUT2D eigenvalue weighted by Crippen LogP contribution is 2.25. The molecule has 0 unspecified atom stereocenters. The molecule has 0 saturated carbocycles. The quantitative estimate of drug-likeness (QED) is 0.679. The number of para-hydroxylation sites is 1. The molecule has 2 heterocycles. The number of ether oxygens (including phenoxy) is 2. The Morgan fingerprint density at radius 3 is 2.50 bits per heavy atom. The molecule has 0 aromatic heterocycles. The third kappa shape index (κ3) is 5.23. The van der Waals surface area contributed by atoms with Crippen molar-refractivity contribution in [3.05, 3.63) is 59.7 Å². The number of likely N-dealkylation sites (tertiary alicyclic amines) is 2. The van der Waals surface area contributed by atoms with E-state index in [0.29, 0.717) is 35.8 Å². The molecule has 170 valence electrons. The van der Waals surface area contributed by atoms with Gasteiger partial charge in [0.25, 0.3) is 11.8 Å². The lowest BCUT2D eigenvalue weighted by molar-refractivity contribution is 0.0628. The van der Waals surface area contributed by atoms with Gasteiger partial charge in [0.15, 0.2) is 0 Å². The number of carbonyl (C=O) groups excluding carboxylic acids is 2. The molecule has 2 fully saturated rings. The number of benzene rings is 2. The van der Waals surface area contributed by atoms with E-state index in [1.807, 2.05) is 58.3 Å². The van der Waals surface area contributed by atoms with E-state index in [9.17, 15) is 9.59 Å². The fourth-order valence-corrected chi connectivity index (χ4v) is 4.59. The Kier molecular flexibility index (Phi) is 7.30. The van der Waals surface area contributed by atoms with Crippen LogP contribution in [0.3, 0.4) is 0 Å². The van der Waals surface area contributed by atoms with E-state index in [1.54, 1.807) is 7.11 Å². The maximum Gasteiger partial charge on any atom is 0.257 e. The van der Waals surface area contributed by atoms with Gasteiger partial charge in [-0.1, -0.05) is 18.2 Å². The van der Waals surface area contributed by atoms with Crippen molar-refractivity contribution in [3.8, 4) is 11.5 Å². The largest absolute Gasteiger partial charge is 0.496 e. The summed E-state index contributed by atoms with van der Waals surface area (Å²) in [5, 5.41) is 0. The summed E-state index contributed by atoms with van der Waals surface area (Å²) in [6.07, 6.45) is 5.32. The zero-order valence-corrected chi connectivity index (χ0v) is 18.8. The molecule has 0 N–H and O–H groups in total. The monoisotopic (exact) mass is 436 g/mol. The molecule has 0 aliphatic carbocycles. The molecular weight excluding hydrogens is 404 g/mol. The first kappa shape index (κ1) is 22.2. The summed E-state index contributed by atoms with van der Waals surface area (Å²) in [5.41, 5.74) is 1.28. The lowest BCUT2D eigenvalue weighted by Crippen LogP contribution is -2.41. The van der Waals surface area contributed by atoms with Gasteiger partial charge in [-0.3, -0.25) is 9.59 Å². The van der Waals surface area contributed by atoms with Crippen molar-refractivity contribution < 1.29 is 19.1 Å². The van der Waals surface area contributed by atoms with Gasteiger partial charge in [-0.25, -0.2) is 0 Å². The Balaban J connectivity index is 1.35. The Hall–Kier alpha value is -3.02. The average Bonchev–Trinajstić information content (AvgIpc) is 2.87. The second kappa shape index (κ2) is 10.5. The Morgan fingerprint density at radius 1 is 0.906 bits per heavy atom. The number of methoxy groups -OCH3 is 1. The number of piperidine rings is 2. The zero-order valence-electron chi connectivity index (χ0n) is 18.8. The second-order valence-electron chi connectivity index (χ2n) is 8.65. The number of amides is 2. The molecule has 0 radical (unpaired) electrons. The predicted octanol–water partition coefficient (Wildman–Crippen LogP) is 4.25.